The number of carbonyl (C=O) groups excluding carboxylic acids is 1. The minimum absolute atomic E-state index is 0.140. The topological polar surface area (TPSA) is 53.0 Å². The molecule has 1 N–H and O–H groups in total. The van der Waals surface area contributed by atoms with Crippen molar-refractivity contribution < 1.29 is 14.6 Å². The fourth-order valence-corrected chi connectivity index (χ4v) is 5.59. The zero-order chi connectivity index (χ0) is 19.3. The lowest BCUT2D eigenvalue weighted by molar-refractivity contribution is -0.147. The molecule has 2 aliphatic heterocycles. The smallest absolute Gasteiger partial charge is 0.225 e. The second-order valence-electron chi connectivity index (χ2n) is 9.13. The van der Waals surface area contributed by atoms with Gasteiger partial charge in [0.2, 0.25) is 5.91 Å². The van der Waals surface area contributed by atoms with E-state index in [4.69, 9.17) is 4.74 Å². The van der Waals surface area contributed by atoms with Gasteiger partial charge in [0.1, 0.15) is 0 Å². The molecule has 5 heteroatoms. The molecule has 3 fully saturated rings. The average molecular weight is 381 g/mol. The molecule has 5 nitrogen and oxygen atoms in total. The number of aliphatic hydroxyl groups excluding tert-OH is 1. The number of ether oxygens (including phenoxy) is 1. The minimum Gasteiger partial charge on any atom is -0.392 e. The van der Waals surface area contributed by atoms with Crippen LogP contribution in [-0.4, -0.2) is 72.9 Å². The second kappa shape index (κ2) is 9.71. The predicted octanol–water partition coefficient (Wildman–Crippen LogP) is 2.91. The molecule has 2 saturated heterocycles. The first-order valence-electron chi connectivity index (χ1n) is 11.3. The van der Waals surface area contributed by atoms with E-state index in [1.165, 1.54) is 19.3 Å². The number of likely N-dealkylation sites (tertiary alicyclic amines) is 2. The van der Waals surface area contributed by atoms with E-state index < -0.39 is 0 Å². The Morgan fingerprint density at radius 1 is 1.11 bits per heavy atom. The summed E-state index contributed by atoms with van der Waals surface area (Å²) in [7, 11) is 0. The van der Waals surface area contributed by atoms with E-state index in [1.807, 2.05) is 6.92 Å². The van der Waals surface area contributed by atoms with Crippen LogP contribution in [0.25, 0.3) is 0 Å². The maximum absolute atomic E-state index is 13.2. The zero-order valence-electron chi connectivity index (χ0n) is 17.5. The first-order chi connectivity index (χ1) is 13.1. The van der Waals surface area contributed by atoms with Crippen LogP contribution in [0.2, 0.25) is 0 Å². The molecule has 2 heterocycles. The highest BCUT2D eigenvalue weighted by Gasteiger charge is 2.46. The summed E-state index contributed by atoms with van der Waals surface area (Å²) < 4.78 is 5.53. The molecule has 0 bridgehead atoms. The summed E-state index contributed by atoms with van der Waals surface area (Å²) in [6.45, 7) is 10.2. The van der Waals surface area contributed by atoms with Crippen LogP contribution in [-0.2, 0) is 9.53 Å². The molecule has 3 rings (SSSR count). The van der Waals surface area contributed by atoms with Crippen molar-refractivity contribution >= 4 is 5.91 Å². The fourth-order valence-electron chi connectivity index (χ4n) is 5.59. The Balaban J connectivity index is 1.59. The Bertz CT molecular complexity index is 478. The molecule has 27 heavy (non-hydrogen) atoms. The van der Waals surface area contributed by atoms with Gasteiger partial charge in [-0.2, -0.15) is 0 Å². The number of carbonyl (C=O) groups is 1. The highest BCUT2D eigenvalue weighted by molar-refractivity contribution is 5.79. The van der Waals surface area contributed by atoms with Gasteiger partial charge in [-0.05, 0) is 57.8 Å². The van der Waals surface area contributed by atoms with Crippen LogP contribution >= 0.6 is 0 Å². The molecule has 0 aromatic heterocycles. The number of hydrogen-bond donors (Lipinski definition) is 1. The summed E-state index contributed by atoms with van der Waals surface area (Å²) in [5, 5.41) is 10.9. The minimum atomic E-state index is -0.285. The quantitative estimate of drug-likeness (QED) is 0.720. The van der Waals surface area contributed by atoms with Crippen LogP contribution in [0.4, 0.5) is 0 Å². The highest BCUT2D eigenvalue weighted by Crippen LogP contribution is 2.40. The molecular formula is C22H40N2O3. The molecule has 0 aromatic carbocycles. The number of hydrogen-bond acceptors (Lipinski definition) is 4. The van der Waals surface area contributed by atoms with Crippen LogP contribution in [0, 0.1) is 17.3 Å². The third-order valence-electron chi connectivity index (χ3n) is 7.41. The van der Waals surface area contributed by atoms with E-state index in [1.54, 1.807) is 0 Å². The summed E-state index contributed by atoms with van der Waals surface area (Å²) in [6.07, 6.45) is 8.37. The molecule has 1 aliphatic carbocycles. The molecule has 2 atom stereocenters. The molecular weight excluding hydrogens is 340 g/mol. The summed E-state index contributed by atoms with van der Waals surface area (Å²) in [5.41, 5.74) is -0.140. The van der Waals surface area contributed by atoms with Crippen LogP contribution < -0.4 is 0 Å². The monoisotopic (exact) mass is 380 g/mol. The molecule has 1 saturated carbocycles. The second-order valence-corrected chi connectivity index (χ2v) is 9.13. The van der Waals surface area contributed by atoms with E-state index in [0.29, 0.717) is 5.91 Å². The lowest BCUT2D eigenvalue weighted by atomic mass is 9.71. The van der Waals surface area contributed by atoms with Crippen molar-refractivity contribution in [3.05, 3.63) is 0 Å². The van der Waals surface area contributed by atoms with Crippen molar-refractivity contribution in [2.75, 3.05) is 45.9 Å². The van der Waals surface area contributed by atoms with E-state index in [2.05, 4.69) is 16.7 Å². The van der Waals surface area contributed by atoms with Crippen molar-refractivity contribution in [3.63, 3.8) is 0 Å². The number of amides is 1. The first kappa shape index (κ1) is 21.1. The first-order valence-corrected chi connectivity index (χ1v) is 11.3. The normalized spacial score (nSPS) is 35.5. The van der Waals surface area contributed by atoms with Crippen molar-refractivity contribution in [3.8, 4) is 0 Å². The molecule has 0 aromatic rings. The number of piperidine rings is 2. The maximum Gasteiger partial charge on any atom is 0.225 e. The molecule has 156 valence electrons. The van der Waals surface area contributed by atoms with Crippen molar-refractivity contribution in [2.45, 2.75) is 71.3 Å². The Kier molecular flexibility index (Phi) is 7.57. The molecule has 1 amide bonds. The van der Waals surface area contributed by atoms with Gasteiger partial charge in [0.05, 0.1) is 12.7 Å². The van der Waals surface area contributed by atoms with Gasteiger partial charge in [-0.15, -0.1) is 0 Å². The van der Waals surface area contributed by atoms with Crippen LogP contribution in [0.5, 0.6) is 0 Å². The lowest BCUT2D eigenvalue weighted by Gasteiger charge is -2.51. The van der Waals surface area contributed by atoms with Crippen molar-refractivity contribution in [1.29, 1.82) is 0 Å². The number of nitrogens with zero attached hydrogens (tertiary/aromatic N) is 2. The van der Waals surface area contributed by atoms with E-state index in [0.717, 1.165) is 84.0 Å². The third kappa shape index (κ3) is 5.04. The SMILES string of the molecule is CCOCCN1CC[C@@H](O)[C@]2(CCCN(C(=O)C3CCC(CC)CC3)C2)C1. The summed E-state index contributed by atoms with van der Waals surface area (Å²) in [5.74, 6) is 1.40. The van der Waals surface area contributed by atoms with Gasteiger partial charge in [0.15, 0.2) is 0 Å². The maximum atomic E-state index is 13.2. The van der Waals surface area contributed by atoms with Crippen LogP contribution in [0.1, 0.15) is 65.2 Å². The molecule has 0 radical (unpaired) electrons. The van der Waals surface area contributed by atoms with Gasteiger partial charge < -0.3 is 19.6 Å². The van der Waals surface area contributed by atoms with Gasteiger partial charge in [0.25, 0.3) is 0 Å². The standard InChI is InChI=1S/C22H40N2O3/c1-3-18-6-8-19(9-7-18)21(26)24-12-5-11-22(17-24)16-23(13-10-20(22)25)14-15-27-4-2/h18-20,25H,3-17H2,1-2H3/t18?,19?,20-,22-/m1/s1. The Labute approximate surface area is 165 Å². The van der Waals surface area contributed by atoms with Gasteiger partial charge >= 0.3 is 0 Å². The van der Waals surface area contributed by atoms with Crippen LogP contribution in [0.3, 0.4) is 0 Å². The van der Waals surface area contributed by atoms with Crippen molar-refractivity contribution in [1.82, 2.24) is 9.80 Å². The highest BCUT2D eigenvalue weighted by atomic mass is 16.5. The van der Waals surface area contributed by atoms with E-state index in [-0.39, 0.29) is 17.4 Å². The van der Waals surface area contributed by atoms with Crippen LogP contribution in [0.15, 0.2) is 0 Å². The van der Waals surface area contributed by atoms with Crippen molar-refractivity contribution in [2.24, 2.45) is 17.3 Å². The average Bonchev–Trinajstić information content (AvgIpc) is 2.70. The largest absolute Gasteiger partial charge is 0.392 e. The summed E-state index contributed by atoms with van der Waals surface area (Å²) in [4.78, 5) is 17.7. The number of rotatable bonds is 6. The third-order valence-corrected chi connectivity index (χ3v) is 7.41. The molecule has 1 spiro atoms. The zero-order valence-corrected chi connectivity index (χ0v) is 17.5. The fraction of sp³-hybridized carbons (Fsp3) is 0.955. The van der Waals surface area contributed by atoms with Gasteiger partial charge in [-0.25, -0.2) is 0 Å². The van der Waals surface area contributed by atoms with Gasteiger partial charge in [-0.1, -0.05) is 13.3 Å². The number of aliphatic hydroxyl groups is 1. The lowest BCUT2D eigenvalue weighted by Crippen LogP contribution is -2.60. The van der Waals surface area contributed by atoms with E-state index >= 15 is 0 Å². The predicted molar refractivity (Wildman–Crippen MR) is 108 cm³/mol. The summed E-state index contributed by atoms with van der Waals surface area (Å²) >= 11 is 0. The summed E-state index contributed by atoms with van der Waals surface area (Å²) in [6, 6.07) is 0. The Morgan fingerprint density at radius 2 is 1.89 bits per heavy atom. The van der Waals surface area contributed by atoms with Gasteiger partial charge in [-0.3, -0.25) is 4.79 Å². The molecule has 3 aliphatic rings. The van der Waals surface area contributed by atoms with Gasteiger partial charge in [0, 0.05) is 50.7 Å². The molecule has 0 unspecified atom stereocenters. The Hall–Kier alpha value is -0.650. The van der Waals surface area contributed by atoms with E-state index in [9.17, 15) is 9.90 Å². The Morgan fingerprint density at radius 3 is 2.59 bits per heavy atom.